The third-order valence-corrected chi connectivity index (χ3v) is 4.53. The maximum Gasteiger partial charge on any atom is 0.337 e. The van der Waals surface area contributed by atoms with Crippen LogP contribution in [0.15, 0.2) is 60.8 Å². The van der Waals surface area contributed by atoms with E-state index in [1.165, 1.54) is 12.3 Å². The Balaban J connectivity index is 1.62. The van der Waals surface area contributed by atoms with Crippen LogP contribution < -0.4 is 10.1 Å². The van der Waals surface area contributed by atoms with Crippen LogP contribution in [0.4, 0.5) is 0 Å². The van der Waals surface area contributed by atoms with Crippen molar-refractivity contribution in [2.45, 2.75) is 20.1 Å². The molecule has 2 aromatic carbocycles. The fraction of sp³-hybridized carbons (Fsp3) is 0.136. The average Bonchev–Trinajstić information content (AvgIpc) is 2.73. The molecule has 29 heavy (non-hydrogen) atoms. The Morgan fingerprint density at radius 1 is 1.10 bits per heavy atom. The maximum atomic E-state index is 12.6. The van der Waals surface area contributed by atoms with E-state index < -0.39 is 5.97 Å². The Morgan fingerprint density at radius 2 is 1.86 bits per heavy atom. The van der Waals surface area contributed by atoms with Gasteiger partial charge >= 0.3 is 5.97 Å². The standard InChI is InChI=1S/C22H19ClN2O4/c1-14-2-9-19(29-13-15-3-6-17(23)7-4-15)10-20(14)21(26)25-12-18-8-5-16(11-24-18)22(27)28/h2-11H,12-13H2,1H3,(H,25,26)(H,27,28). The minimum Gasteiger partial charge on any atom is -0.489 e. The minimum absolute atomic E-state index is 0.0986. The molecule has 0 unspecified atom stereocenters. The van der Waals surface area contributed by atoms with Crippen LogP contribution in [0.1, 0.15) is 37.5 Å². The van der Waals surface area contributed by atoms with E-state index in [9.17, 15) is 9.59 Å². The molecule has 0 bridgehead atoms. The molecule has 0 aliphatic carbocycles. The lowest BCUT2D eigenvalue weighted by molar-refractivity contribution is 0.0696. The van der Waals surface area contributed by atoms with Crippen molar-refractivity contribution in [3.05, 3.63) is 93.8 Å². The third-order valence-electron chi connectivity index (χ3n) is 4.27. The van der Waals surface area contributed by atoms with Gasteiger partial charge in [0.05, 0.1) is 17.8 Å². The predicted molar refractivity (Wildman–Crippen MR) is 109 cm³/mol. The highest BCUT2D eigenvalue weighted by Crippen LogP contribution is 2.19. The lowest BCUT2D eigenvalue weighted by Crippen LogP contribution is -2.24. The average molecular weight is 411 g/mol. The van der Waals surface area contributed by atoms with Crippen molar-refractivity contribution in [1.82, 2.24) is 10.3 Å². The molecular weight excluding hydrogens is 392 g/mol. The molecular formula is C22H19ClN2O4. The molecule has 0 saturated carbocycles. The van der Waals surface area contributed by atoms with Crippen molar-refractivity contribution in [1.29, 1.82) is 0 Å². The Hall–Kier alpha value is -3.38. The summed E-state index contributed by atoms with van der Waals surface area (Å²) in [4.78, 5) is 27.5. The van der Waals surface area contributed by atoms with Crippen LogP contribution in [0.5, 0.6) is 5.75 Å². The quantitative estimate of drug-likeness (QED) is 0.607. The second kappa shape index (κ2) is 9.21. The first-order valence-corrected chi connectivity index (χ1v) is 9.24. The first-order valence-electron chi connectivity index (χ1n) is 8.86. The monoisotopic (exact) mass is 410 g/mol. The number of aromatic nitrogens is 1. The van der Waals surface area contributed by atoms with E-state index in [1.54, 1.807) is 24.3 Å². The molecule has 0 spiro atoms. The highest BCUT2D eigenvalue weighted by Gasteiger charge is 2.11. The molecule has 6 nitrogen and oxygen atoms in total. The number of hydrogen-bond donors (Lipinski definition) is 2. The Morgan fingerprint density at radius 3 is 2.52 bits per heavy atom. The van der Waals surface area contributed by atoms with Crippen molar-refractivity contribution in [2.75, 3.05) is 0 Å². The normalized spacial score (nSPS) is 10.4. The second-order valence-electron chi connectivity index (χ2n) is 6.42. The van der Waals surface area contributed by atoms with Crippen LogP contribution in [-0.4, -0.2) is 22.0 Å². The van der Waals surface area contributed by atoms with Gasteiger partial charge in [-0.25, -0.2) is 4.79 Å². The van der Waals surface area contributed by atoms with Crippen LogP contribution in [0.25, 0.3) is 0 Å². The van der Waals surface area contributed by atoms with E-state index in [1.807, 2.05) is 31.2 Å². The third kappa shape index (κ3) is 5.56. The van der Waals surface area contributed by atoms with Gasteiger partial charge in [0.25, 0.3) is 5.91 Å². The summed E-state index contributed by atoms with van der Waals surface area (Å²) in [6.45, 7) is 2.40. The molecule has 0 radical (unpaired) electrons. The zero-order valence-electron chi connectivity index (χ0n) is 15.7. The molecule has 1 heterocycles. The number of carboxylic acid groups (broad SMARTS) is 1. The lowest BCUT2D eigenvalue weighted by Gasteiger charge is -2.11. The molecule has 3 aromatic rings. The number of amides is 1. The number of carbonyl (C=O) groups excluding carboxylic acids is 1. The van der Waals surface area contributed by atoms with Gasteiger partial charge in [0.2, 0.25) is 0 Å². The number of rotatable bonds is 7. The van der Waals surface area contributed by atoms with Crippen LogP contribution in [0.3, 0.4) is 0 Å². The number of ether oxygens (including phenoxy) is 1. The van der Waals surface area contributed by atoms with E-state index in [0.29, 0.717) is 28.6 Å². The molecule has 0 fully saturated rings. The van der Waals surface area contributed by atoms with Gasteiger partial charge in [-0.3, -0.25) is 9.78 Å². The maximum absolute atomic E-state index is 12.6. The van der Waals surface area contributed by atoms with Gasteiger partial charge < -0.3 is 15.2 Å². The van der Waals surface area contributed by atoms with Gasteiger partial charge in [-0.15, -0.1) is 0 Å². The molecule has 148 valence electrons. The molecule has 7 heteroatoms. The number of halogens is 1. The molecule has 0 aliphatic heterocycles. The molecule has 1 aromatic heterocycles. The number of nitrogens with zero attached hydrogens (tertiary/aromatic N) is 1. The Kier molecular flexibility index (Phi) is 6.46. The summed E-state index contributed by atoms with van der Waals surface area (Å²) in [7, 11) is 0. The Labute approximate surface area is 173 Å². The van der Waals surface area contributed by atoms with Crippen LogP contribution in [0.2, 0.25) is 5.02 Å². The van der Waals surface area contributed by atoms with Crippen LogP contribution in [0, 0.1) is 6.92 Å². The van der Waals surface area contributed by atoms with Gasteiger partial charge in [0.15, 0.2) is 0 Å². The van der Waals surface area contributed by atoms with E-state index in [0.717, 1.165) is 11.1 Å². The van der Waals surface area contributed by atoms with Crippen molar-refractivity contribution in [3.63, 3.8) is 0 Å². The molecule has 0 saturated heterocycles. The summed E-state index contributed by atoms with van der Waals surface area (Å²) < 4.78 is 5.79. The highest BCUT2D eigenvalue weighted by atomic mass is 35.5. The van der Waals surface area contributed by atoms with E-state index in [4.69, 9.17) is 21.4 Å². The largest absolute Gasteiger partial charge is 0.489 e. The number of hydrogen-bond acceptors (Lipinski definition) is 4. The molecule has 0 atom stereocenters. The van der Waals surface area contributed by atoms with Gasteiger partial charge in [-0.05, 0) is 54.4 Å². The number of carbonyl (C=O) groups is 2. The number of pyridine rings is 1. The van der Waals surface area contributed by atoms with E-state index in [-0.39, 0.29) is 18.0 Å². The lowest BCUT2D eigenvalue weighted by atomic mass is 10.1. The first kappa shape index (κ1) is 20.4. The summed E-state index contributed by atoms with van der Waals surface area (Å²) in [5.41, 5.74) is 2.95. The highest BCUT2D eigenvalue weighted by molar-refractivity contribution is 6.30. The van der Waals surface area contributed by atoms with Gasteiger partial charge in [-0.2, -0.15) is 0 Å². The van der Waals surface area contributed by atoms with Crippen molar-refractivity contribution in [2.24, 2.45) is 0 Å². The zero-order chi connectivity index (χ0) is 20.8. The number of benzene rings is 2. The Bertz CT molecular complexity index is 1020. The fourth-order valence-electron chi connectivity index (χ4n) is 2.60. The van der Waals surface area contributed by atoms with Crippen molar-refractivity contribution in [3.8, 4) is 5.75 Å². The number of aryl methyl sites for hydroxylation is 1. The predicted octanol–water partition coefficient (Wildman–Crippen LogP) is 4.25. The van der Waals surface area contributed by atoms with Gasteiger partial charge in [0, 0.05) is 16.8 Å². The zero-order valence-corrected chi connectivity index (χ0v) is 16.4. The van der Waals surface area contributed by atoms with E-state index >= 15 is 0 Å². The smallest absolute Gasteiger partial charge is 0.337 e. The summed E-state index contributed by atoms with van der Waals surface area (Å²) in [5.74, 6) is -0.720. The fourth-order valence-corrected chi connectivity index (χ4v) is 2.73. The SMILES string of the molecule is Cc1ccc(OCc2ccc(Cl)cc2)cc1C(=O)NCc1ccc(C(=O)O)cn1. The minimum atomic E-state index is -1.04. The molecule has 2 N–H and O–H groups in total. The van der Waals surface area contributed by atoms with Gasteiger partial charge in [-0.1, -0.05) is 29.8 Å². The first-order chi connectivity index (χ1) is 13.9. The summed E-state index contributed by atoms with van der Waals surface area (Å²) in [5, 5.41) is 12.4. The van der Waals surface area contributed by atoms with Crippen molar-refractivity contribution < 1.29 is 19.4 Å². The van der Waals surface area contributed by atoms with Crippen LogP contribution >= 0.6 is 11.6 Å². The molecule has 1 amide bonds. The van der Waals surface area contributed by atoms with Crippen molar-refractivity contribution >= 4 is 23.5 Å². The van der Waals surface area contributed by atoms with E-state index in [2.05, 4.69) is 10.3 Å². The molecule has 3 rings (SSSR count). The van der Waals surface area contributed by atoms with Gasteiger partial charge in [0.1, 0.15) is 12.4 Å². The number of nitrogens with one attached hydrogen (secondary N) is 1. The number of carboxylic acids is 1. The summed E-state index contributed by atoms with van der Waals surface area (Å²) in [6.07, 6.45) is 1.26. The second-order valence-corrected chi connectivity index (χ2v) is 6.85. The molecule has 0 aliphatic rings. The van der Waals surface area contributed by atoms with Crippen LogP contribution in [-0.2, 0) is 13.2 Å². The topological polar surface area (TPSA) is 88.5 Å². The summed E-state index contributed by atoms with van der Waals surface area (Å²) in [6, 6.07) is 15.7. The number of aromatic carboxylic acids is 1. The summed E-state index contributed by atoms with van der Waals surface area (Å²) >= 11 is 5.88.